The molecule has 0 bridgehead atoms. The van der Waals surface area contributed by atoms with E-state index in [0.717, 1.165) is 18.4 Å². The average molecular weight is 308 g/mol. The van der Waals surface area contributed by atoms with E-state index < -0.39 is 21.5 Å². The molecule has 4 nitrogen and oxygen atoms in total. The van der Waals surface area contributed by atoms with Crippen LogP contribution in [0.3, 0.4) is 0 Å². The van der Waals surface area contributed by atoms with Crippen molar-refractivity contribution in [2.75, 3.05) is 6.26 Å². The summed E-state index contributed by atoms with van der Waals surface area (Å²) in [5.41, 5.74) is 1.14. The van der Waals surface area contributed by atoms with Gasteiger partial charge in [0.05, 0.1) is 15.9 Å². The highest BCUT2D eigenvalue weighted by Crippen LogP contribution is 2.24. The number of hydrogen-bond acceptors (Lipinski definition) is 3. The molecule has 0 aliphatic carbocycles. The number of benzene rings is 2. The lowest BCUT2D eigenvalue weighted by molar-refractivity contribution is 0.510. The van der Waals surface area contributed by atoms with E-state index in [2.05, 4.69) is 9.97 Å². The molecule has 0 radical (unpaired) electrons. The van der Waals surface area contributed by atoms with Crippen molar-refractivity contribution >= 4 is 20.9 Å². The monoisotopic (exact) mass is 308 g/mol. The van der Waals surface area contributed by atoms with E-state index in [4.69, 9.17) is 0 Å². The van der Waals surface area contributed by atoms with Gasteiger partial charge in [0.1, 0.15) is 5.82 Å². The molecule has 1 heterocycles. The molecular formula is C14H10F2N2O2S. The van der Waals surface area contributed by atoms with Gasteiger partial charge < -0.3 is 4.98 Å². The maximum absolute atomic E-state index is 13.2. The summed E-state index contributed by atoms with van der Waals surface area (Å²) in [6.45, 7) is 0. The number of nitrogens with zero attached hydrogens (tertiary/aromatic N) is 1. The zero-order valence-electron chi connectivity index (χ0n) is 10.9. The molecule has 21 heavy (non-hydrogen) atoms. The van der Waals surface area contributed by atoms with Gasteiger partial charge in [-0.2, -0.15) is 0 Å². The zero-order chi connectivity index (χ0) is 15.2. The van der Waals surface area contributed by atoms with Crippen LogP contribution in [0.2, 0.25) is 0 Å². The highest BCUT2D eigenvalue weighted by molar-refractivity contribution is 7.90. The smallest absolute Gasteiger partial charge is 0.175 e. The third kappa shape index (κ3) is 2.52. The summed E-state index contributed by atoms with van der Waals surface area (Å²) < 4.78 is 49.4. The van der Waals surface area contributed by atoms with Gasteiger partial charge >= 0.3 is 0 Å². The molecule has 2 aromatic carbocycles. The van der Waals surface area contributed by atoms with Crippen LogP contribution >= 0.6 is 0 Å². The van der Waals surface area contributed by atoms with Crippen LogP contribution in [0.1, 0.15) is 0 Å². The van der Waals surface area contributed by atoms with E-state index >= 15 is 0 Å². The molecule has 0 aliphatic rings. The van der Waals surface area contributed by atoms with Crippen molar-refractivity contribution in [3.63, 3.8) is 0 Å². The van der Waals surface area contributed by atoms with Crippen LogP contribution in [0.5, 0.6) is 0 Å². The zero-order valence-corrected chi connectivity index (χ0v) is 11.7. The molecule has 1 aromatic heterocycles. The second-order valence-electron chi connectivity index (χ2n) is 4.67. The molecule has 108 valence electrons. The van der Waals surface area contributed by atoms with Crippen molar-refractivity contribution in [2.45, 2.75) is 4.90 Å². The van der Waals surface area contributed by atoms with Crippen molar-refractivity contribution in [1.82, 2.24) is 9.97 Å². The number of nitrogens with one attached hydrogen (secondary N) is 1. The van der Waals surface area contributed by atoms with Gasteiger partial charge in [0.25, 0.3) is 0 Å². The Morgan fingerprint density at radius 2 is 1.81 bits per heavy atom. The topological polar surface area (TPSA) is 62.8 Å². The molecule has 1 N–H and O–H groups in total. The summed E-state index contributed by atoms with van der Waals surface area (Å²) in [4.78, 5) is 7.15. The van der Waals surface area contributed by atoms with E-state index in [1.54, 1.807) is 12.1 Å². The minimum atomic E-state index is -3.34. The van der Waals surface area contributed by atoms with E-state index in [1.165, 1.54) is 12.1 Å². The van der Waals surface area contributed by atoms with Crippen LogP contribution < -0.4 is 0 Å². The van der Waals surface area contributed by atoms with Gasteiger partial charge in [0.15, 0.2) is 21.5 Å². The van der Waals surface area contributed by atoms with Crippen molar-refractivity contribution in [2.24, 2.45) is 0 Å². The third-order valence-electron chi connectivity index (χ3n) is 3.06. The fraction of sp³-hybridized carbons (Fsp3) is 0.0714. The fourth-order valence-corrected chi connectivity index (χ4v) is 2.68. The number of hydrogen-bond donors (Lipinski definition) is 1. The number of H-pyrrole nitrogens is 1. The van der Waals surface area contributed by atoms with Crippen molar-refractivity contribution in [3.05, 3.63) is 48.0 Å². The summed E-state index contributed by atoms with van der Waals surface area (Å²) in [6, 6.07) is 8.19. The van der Waals surface area contributed by atoms with E-state index in [1.807, 2.05) is 0 Å². The van der Waals surface area contributed by atoms with Crippen LogP contribution in [0.15, 0.2) is 41.3 Å². The quantitative estimate of drug-likeness (QED) is 0.792. The SMILES string of the molecule is CS(=O)(=O)c1cccc(-c2nc3cc(F)c(F)cc3[nH]2)c1. The molecule has 0 fully saturated rings. The first kappa shape index (κ1) is 13.7. The number of rotatable bonds is 2. The molecular weight excluding hydrogens is 298 g/mol. The van der Waals surface area contributed by atoms with Gasteiger partial charge in [-0.05, 0) is 12.1 Å². The summed E-state index contributed by atoms with van der Waals surface area (Å²) in [7, 11) is -3.34. The Labute approximate surface area is 119 Å². The van der Waals surface area contributed by atoms with E-state index in [0.29, 0.717) is 16.9 Å². The first-order chi connectivity index (χ1) is 9.84. The van der Waals surface area contributed by atoms with Crippen LogP contribution in [-0.2, 0) is 9.84 Å². The minimum absolute atomic E-state index is 0.151. The molecule has 7 heteroatoms. The molecule has 3 rings (SSSR count). The highest BCUT2D eigenvalue weighted by Gasteiger charge is 2.12. The summed E-state index contributed by atoms with van der Waals surface area (Å²) in [5, 5.41) is 0. The Kier molecular flexibility index (Phi) is 3.02. The number of fused-ring (bicyclic) bond motifs is 1. The Bertz CT molecular complexity index is 910. The predicted molar refractivity (Wildman–Crippen MR) is 74.6 cm³/mol. The average Bonchev–Trinajstić information content (AvgIpc) is 2.81. The molecule has 0 unspecified atom stereocenters. The molecule has 3 aromatic rings. The number of imidazole rings is 1. The van der Waals surface area contributed by atoms with Gasteiger partial charge in [-0.15, -0.1) is 0 Å². The Hall–Kier alpha value is -2.28. The van der Waals surface area contributed by atoms with Crippen LogP contribution in [0, 0.1) is 11.6 Å². The maximum atomic E-state index is 13.2. The van der Waals surface area contributed by atoms with Gasteiger partial charge in [-0.3, -0.25) is 0 Å². The molecule has 0 saturated carbocycles. The van der Waals surface area contributed by atoms with Crippen molar-refractivity contribution < 1.29 is 17.2 Å². The number of sulfone groups is 1. The summed E-state index contributed by atoms with van der Waals surface area (Å²) in [5.74, 6) is -1.60. The fourth-order valence-electron chi connectivity index (χ4n) is 2.02. The van der Waals surface area contributed by atoms with Crippen molar-refractivity contribution in [1.29, 1.82) is 0 Å². The molecule has 0 saturated heterocycles. The first-order valence-electron chi connectivity index (χ1n) is 6.00. The molecule has 0 amide bonds. The largest absolute Gasteiger partial charge is 0.338 e. The van der Waals surface area contributed by atoms with Crippen molar-refractivity contribution in [3.8, 4) is 11.4 Å². The standard InChI is InChI=1S/C14H10F2N2O2S/c1-21(19,20)9-4-2-3-8(5-9)14-17-12-6-10(15)11(16)7-13(12)18-14/h2-7H,1H3,(H,17,18). The van der Waals surface area contributed by atoms with Gasteiger partial charge in [-0.25, -0.2) is 22.2 Å². The first-order valence-corrected chi connectivity index (χ1v) is 7.89. The molecule has 0 atom stereocenters. The lowest BCUT2D eigenvalue weighted by Crippen LogP contribution is -1.97. The lowest BCUT2D eigenvalue weighted by atomic mass is 10.2. The van der Waals surface area contributed by atoms with E-state index in [9.17, 15) is 17.2 Å². The lowest BCUT2D eigenvalue weighted by Gasteiger charge is -2.00. The minimum Gasteiger partial charge on any atom is -0.338 e. The Balaban J connectivity index is 2.17. The summed E-state index contributed by atoms with van der Waals surface area (Å²) >= 11 is 0. The number of aromatic nitrogens is 2. The Morgan fingerprint density at radius 1 is 1.10 bits per heavy atom. The summed E-state index contributed by atoms with van der Waals surface area (Å²) in [6.07, 6.45) is 1.11. The molecule has 0 spiro atoms. The second kappa shape index (κ2) is 4.63. The predicted octanol–water partition coefficient (Wildman–Crippen LogP) is 2.91. The highest BCUT2D eigenvalue weighted by atomic mass is 32.2. The number of aromatic amines is 1. The molecule has 0 aliphatic heterocycles. The maximum Gasteiger partial charge on any atom is 0.175 e. The van der Waals surface area contributed by atoms with Gasteiger partial charge in [0, 0.05) is 24.0 Å². The van der Waals surface area contributed by atoms with Gasteiger partial charge in [-0.1, -0.05) is 12.1 Å². The van der Waals surface area contributed by atoms with E-state index in [-0.39, 0.29) is 10.4 Å². The van der Waals surface area contributed by atoms with Gasteiger partial charge in [0.2, 0.25) is 0 Å². The van der Waals surface area contributed by atoms with Crippen LogP contribution in [-0.4, -0.2) is 24.6 Å². The van der Waals surface area contributed by atoms with Crippen LogP contribution in [0.25, 0.3) is 22.4 Å². The van der Waals surface area contributed by atoms with Crippen LogP contribution in [0.4, 0.5) is 8.78 Å². The normalized spacial score (nSPS) is 12.0. The second-order valence-corrected chi connectivity index (χ2v) is 6.68. The third-order valence-corrected chi connectivity index (χ3v) is 4.17. The Morgan fingerprint density at radius 3 is 2.52 bits per heavy atom. The number of halogens is 2.